The minimum Gasteiger partial charge on any atom is -0.309 e. The molecule has 39 heavy (non-hydrogen) atoms. The van der Waals surface area contributed by atoms with Crippen molar-refractivity contribution in [2.24, 2.45) is 0 Å². The van der Waals surface area contributed by atoms with E-state index in [1.807, 2.05) is 0 Å². The third-order valence-electron chi connectivity index (χ3n) is 7.70. The van der Waals surface area contributed by atoms with Crippen molar-refractivity contribution in [2.45, 2.75) is 7.43 Å². The molecule has 0 aliphatic heterocycles. The van der Waals surface area contributed by atoms with Crippen LogP contribution in [-0.4, -0.2) is 9.13 Å². The van der Waals surface area contributed by atoms with Gasteiger partial charge in [-0.25, -0.2) is 0 Å². The van der Waals surface area contributed by atoms with Gasteiger partial charge < -0.3 is 9.13 Å². The number of para-hydroxylation sites is 4. The fourth-order valence-electron chi connectivity index (χ4n) is 6.05. The van der Waals surface area contributed by atoms with E-state index in [1.54, 1.807) is 0 Å². The van der Waals surface area contributed by atoms with Gasteiger partial charge in [0.15, 0.2) is 0 Å². The molecule has 0 radical (unpaired) electrons. The minimum absolute atomic E-state index is 0. The standard InChI is InChI=1S/C36H24N2.CH4/c1-5-19-33-29(15-1)30-16-2-6-20-34(30)37(33)27-13-9-11-25(23-27)26-12-10-14-28(24-26)38-35-21-7-3-17-31(35)32-18-4-8-22-36(32)38;/h1-24H;1H4. The second kappa shape index (κ2) is 9.04. The van der Waals surface area contributed by atoms with Crippen LogP contribution in [0.5, 0.6) is 0 Å². The molecule has 6 aromatic carbocycles. The zero-order valence-electron chi connectivity index (χ0n) is 20.8. The van der Waals surface area contributed by atoms with Crippen molar-refractivity contribution < 1.29 is 0 Å². The Morgan fingerprint density at radius 1 is 0.308 bits per heavy atom. The molecule has 0 unspecified atom stereocenters. The molecule has 0 saturated carbocycles. The third kappa shape index (κ3) is 3.49. The SMILES string of the molecule is C.c1cc(-c2cccc(-n3c4ccccc4c4ccccc43)c2)cc(-n2c3ccccc3c3ccccc32)c1. The fraction of sp³-hybridized carbons (Fsp3) is 0.0270. The fourth-order valence-corrected chi connectivity index (χ4v) is 6.05. The number of aromatic nitrogens is 2. The first-order valence-electron chi connectivity index (χ1n) is 13.0. The van der Waals surface area contributed by atoms with Crippen LogP contribution in [0, 0.1) is 0 Å². The molecule has 0 bridgehead atoms. The maximum absolute atomic E-state index is 2.38. The van der Waals surface area contributed by atoms with Crippen LogP contribution >= 0.6 is 0 Å². The van der Waals surface area contributed by atoms with Gasteiger partial charge in [0.25, 0.3) is 0 Å². The maximum Gasteiger partial charge on any atom is 0.0541 e. The van der Waals surface area contributed by atoms with Crippen molar-refractivity contribution in [3.05, 3.63) is 146 Å². The third-order valence-corrected chi connectivity index (χ3v) is 7.70. The van der Waals surface area contributed by atoms with Gasteiger partial charge in [-0.15, -0.1) is 0 Å². The summed E-state index contributed by atoms with van der Waals surface area (Å²) in [5.41, 5.74) is 9.65. The van der Waals surface area contributed by atoms with Crippen LogP contribution in [0.4, 0.5) is 0 Å². The Bertz CT molecular complexity index is 1880. The maximum atomic E-state index is 2.38. The Morgan fingerprint density at radius 2 is 0.615 bits per heavy atom. The Labute approximate surface area is 228 Å². The highest BCUT2D eigenvalue weighted by molar-refractivity contribution is 6.10. The van der Waals surface area contributed by atoms with E-state index >= 15 is 0 Å². The van der Waals surface area contributed by atoms with Gasteiger partial charge in [-0.05, 0) is 59.7 Å². The normalized spacial score (nSPS) is 11.4. The molecule has 2 heteroatoms. The van der Waals surface area contributed by atoms with E-state index in [9.17, 15) is 0 Å². The lowest BCUT2D eigenvalue weighted by Gasteiger charge is -2.12. The van der Waals surface area contributed by atoms with Gasteiger partial charge in [0.1, 0.15) is 0 Å². The highest BCUT2D eigenvalue weighted by Crippen LogP contribution is 2.35. The smallest absolute Gasteiger partial charge is 0.0541 e. The first-order valence-corrected chi connectivity index (χ1v) is 13.0. The summed E-state index contributed by atoms with van der Waals surface area (Å²) in [4.78, 5) is 0. The summed E-state index contributed by atoms with van der Waals surface area (Å²) in [6.07, 6.45) is 0. The van der Waals surface area contributed by atoms with Crippen LogP contribution in [0.2, 0.25) is 0 Å². The lowest BCUT2D eigenvalue weighted by atomic mass is 10.0. The van der Waals surface area contributed by atoms with Crippen molar-refractivity contribution in [3.63, 3.8) is 0 Å². The van der Waals surface area contributed by atoms with Crippen molar-refractivity contribution in [1.82, 2.24) is 9.13 Å². The molecule has 2 aromatic heterocycles. The molecule has 186 valence electrons. The van der Waals surface area contributed by atoms with Gasteiger partial charge in [-0.2, -0.15) is 0 Å². The molecular weight excluding hydrogens is 472 g/mol. The van der Waals surface area contributed by atoms with Crippen molar-refractivity contribution in [3.8, 4) is 22.5 Å². The highest BCUT2D eigenvalue weighted by atomic mass is 15.0. The van der Waals surface area contributed by atoms with Gasteiger partial charge in [0.2, 0.25) is 0 Å². The Morgan fingerprint density at radius 3 is 0.949 bits per heavy atom. The van der Waals surface area contributed by atoms with E-state index in [0.717, 1.165) is 0 Å². The summed E-state index contributed by atoms with van der Waals surface area (Å²) in [5, 5.41) is 5.12. The van der Waals surface area contributed by atoms with Gasteiger partial charge in [0, 0.05) is 32.9 Å². The quantitative estimate of drug-likeness (QED) is 0.228. The van der Waals surface area contributed by atoms with Crippen LogP contribution in [0.1, 0.15) is 7.43 Å². The summed E-state index contributed by atoms with van der Waals surface area (Å²) < 4.78 is 4.76. The number of hydrogen-bond acceptors (Lipinski definition) is 0. The topological polar surface area (TPSA) is 9.86 Å². The summed E-state index contributed by atoms with van der Waals surface area (Å²) in [6, 6.07) is 52.5. The molecule has 0 fully saturated rings. The summed E-state index contributed by atoms with van der Waals surface area (Å²) >= 11 is 0. The summed E-state index contributed by atoms with van der Waals surface area (Å²) in [5.74, 6) is 0. The zero-order valence-corrected chi connectivity index (χ0v) is 20.8. The highest BCUT2D eigenvalue weighted by Gasteiger charge is 2.14. The predicted molar refractivity (Wildman–Crippen MR) is 167 cm³/mol. The molecule has 0 spiro atoms. The number of hydrogen-bond donors (Lipinski definition) is 0. The van der Waals surface area contributed by atoms with Crippen molar-refractivity contribution in [2.75, 3.05) is 0 Å². The van der Waals surface area contributed by atoms with Gasteiger partial charge in [-0.1, -0.05) is 104 Å². The van der Waals surface area contributed by atoms with Crippen LogP contribution in [0.3, 0.4) is 0 Å². The monoisotopic (exact) mass is 500 g/mol. The molecule has 0 amide bonds. The van der Waals surface area contributed by atoms with Gasteiger partial charge in [-0.3, -0.25) is 0 Å². The first kappa shape index (κ1) is 23.1. The number of nitrogens with zero attached hydrogens (tertiary/aromatic N) is 2. The first-order chi connectivity index (χ1) is 18.9. The molecule has 2 nitrogen and oxygen atoms in total. The predicted octanol–water partition coefficient (Wildman–Crippen LogP) is 10.2. The average molecular weight is 501 g/mol. The zero-order chi connectivity index (χ0) is 25.1. The second-order valence-corrected chi connectivity index (χ2v) is 9.84. The van der Waals surface area contributed by atoms with E-state index in [-0.39, 0.29) is 7.43 Å². The van der Waals surface area contributed by atoms with Gasteiger partial charge >= 0.3 is 0 Å². The lowest BCUT2D eigenvalue weighted by molar-refractivity contribution is 1.17. The van der Waals surface area contributed by atoms with E-state index in [4.69, 9.17) is 0 Å². The van der Waals surface area contributed by atoms with E-state index in [1.165, 1.54) is 66.1 Å². The van der Waals surface area contributed by atoms with Crippen molar-refractivity contribution >= 4 is 43.6 Å². The Balaban J connectivity index is 0.00000253. The van der Waals surface area contributed by atoms with E-state index in [0.29, 0.717) is 0 Å². The molecule has 0 saturated heterocycles. The second-order valence-electron chi connectivity index (χ2n) is 9.84. The Hall–Kier alpha value is -5.08. The molecule has 0 aliphatic rings. The van der Waals surface area contributed by atoms with Crippen LogP contribution < -0.4 is 0 Å². The van der Waals surface area contributed by atoms with E-state index < -0.39 is 0 Å². The molecule has 0 N–H and O–H groups in total. The number of rotatable bonds is 3. The van der Waals surface area contributed by atoms with E-state index in [2.05, 4.69) is 155 Å². The molecule has 8 aromatic rings. The number of benzene rings is 6. The van der Waals surface area contributed by atoms with Gasteiger partial charge in [0.05, 0.1) is 22.1 Å². The van der Waals surface area contributed by atoms with Crippen LogP contribution in [-0.2, 0) is 0 Å². The lowest BCUT2D eigenvalue weighted by Crippen LogP contribution is -1.95. The van der Waals surface area contributed by atoms with Crippen molar-refractivity contribution in [1.29, 1.82) is 0 Å². The molecular formula is C37H28N2. The molecule has 8 rings (SSSR count). The summed E-state index contributed by atoms with van der Waals surface area (Å²) in [6.45, 7) is 0. The Kier molecular flexibility index (Phi) is 5.35. The molecule has 0 aliphatic carbocycles. The molecule has 2 heterocycles. The largest absolute Gasteiger partial charge is 0.309 e. The van der Waals surface area contributed by atoms with Crippen LogP contribution in [0.25, 0.3) is 66.1 Å². The van der Waals surface area contributed by atoms with Crippen LogP contribution in [0.15, 0.2) is 146 Å². The summed E-state index contributed by atoms with van der Waals surface area (Å²) in [7, 11) is 0. The minimum atomic E-state index is 0. The number of fused-ring (bicyclic) bond motifs is 6. The average Bonchev–Trinajstić information content (AvgIpc) is 3.51. The molecule has 0 atom stereocenters.